The third kappa shape index (κ3) is 5.51. The van der Waals surface area contributed by atoms with Crippen molar-refractivity contribution in [2.24, 2.45) is 4.99 Å². The summed E-state index contributed by atoms with van der Waals surface area (Å²) >= 11 is 1.16. The molecule has 7 nitrogen and oxygen atoms in total. The first-order chi connectivity index (χ1) is 15.8. The minimum Gasteiger partial charge on any atom is -0.503 e. The average molecular weight is 478 g/mol. The molecule has 1 atom stereocenters. The molecule has 2 N–H and O–H groups in total. The quantitative estimate of drug-likeness (QED) is 0.472. The second kappa shape index (κ2) is 10.8. The van der Waals surface area contributed by atoms with Crippen molar-refractivity contribution in [3.05, 3.63) is 74.1 Å². The Morgan fingerprint density at radius 1 is 1.39 bits per heavy atom. The lowest BCUT2D eigenvalue weighted by molar-refractivity contribution is 0.0833. The maximum Gasteiger partial charge on any atom is 0.272 e. The molecule has 176 valence electrons. The van der Waals surface area contributed by atoms with Crippen molar-refractivity contribution < 1.29 is 23.4 Å². The van der Waals surface area contributed by atoms with E-state index in [4.69, 9.17) is 4.74 Å². The summed E-state index contributed by atoms with van der Waals surface area (Å²) in [7, 11) is 3.02. The second-order valence-corrected chi connectivity index (χ2v) is 8.58. The van der Waals surface area contributed by atoms with Crippen molar-refractivity contribution in [1.82, 2.24) is 9.88 Å². The lowest BCUT2D eigenvalue weighted by Crippen LogP contribution is -2.47. The Labute approximate surface area is 194 Å². The van der Waals surface area contributed by atoms with Crippen molar-refractivity contribution >= 4 is 22.7 Å². The fraction of sp³-hybridized carbons (Fsp3) is 0.348. The van der Waals surface area contributed by atoms with Crippen LogP contribution in [0.2, 0.25) is 0 Å². The molecule has 1 aliphatic rings. The van der Waals surface area contributed by atoms with Crippen LogP contribution in [-0.2, 0) is 17.7 Å². The maximum atomic E-state index is 14.2. The Kier molecular flexibility index (Phi) is 8.04. The summed E-state index contributed by atoms with van der Waals surface area (Å²) in [5.41, 5.74) is -0.410. The van der Waals surface area contributed by atoms with Crippen LogP contribution in [0.1, 0.15) is 35.0 Å². The molecule has 1 aliphatic heterocycles. The number of rotatable bonds is 7. The molecule has 0 saturated carbocycles. The number of carbonyl (C=O) groups is 1. The number of pyridine rings is 1. The van der Waals surface area contributed by atoms with E-state index in [1.54, 1.807) is 0 Å². The number of halogens is 2. The number of thioether (sulfide) groups is 1. The minimum atomic E-state index is -0.724. The Balaban J connectivity index is 1.96. The number of allylic oxidation sites excluding steroid dienone is 2. The number of aliphatic imine (C=N–C) groups is 1. The first kappa shape index (κ1) is 24.7. The first-order valence-corrected chi connectivity index (χ1v) is 11.1. The number of aromatic hydroxyl groups is 1. The van der Waals surface area contributed by atoms with Gasteiger partial charge in [-0.1, -0.05) is 30.8 Å². The smallest absolute Gasteiger partial charge is 0.272 e. The largest absolute Gasteiger partial charge is 0.503 e. The molecule has 3 rings (SSSR count). The zero-order chi connectivity index (χ0) is 24.1. The number of ether oxygens (including phenoxy) is 1. The molecular weight excluding hydrogens is 452 g/mol. The number of methoxy groups -OCH3 is 1. The van der Waals surface area contributed by atoms with Gasteiger partial charge in [0.1, 0.15) is 16.7 Å². The number of benzene rings is 1. The summed E-state index contributed by atoms with van der Waals surface area (Å²) in [6, 6.07) is 3.08. The first-order valence-electron chi connectivity index (χ1n) is 10.3. The van der Waals surface area contributed by atoms with E-state index in [1.807, 2.05) is 13.0 Å². The van der Waals surface area contributed by atoms with E-state index < -0.39 is 28.7 Å². The number of aromatic nitrogens is 1. The molecule has 0 unspecified atom stereocenters. The highest BCUT2D eigenvalue weighted by Gasteiger charge is 2.30. The molecule has 1 aromatic carbocycles. The molecule has 0 bridgehead atoms. The highest BCUT2D eigenvalue weighted by atomic mass is 32.2. The molecule has 0 saturated heterocycles. The molecule has 33 heavy (non-hydrogen) atoms. The van der Waals surface area contributed by atoms with E-state index in [-0.39, 0.29) is 30.3 Å². The third-order valence-corrected chi connectivity index (χ3v) is 6.23. The number of hydrogen-bond donors (Lipinski definition) is 2. The highest BCUT2D eigenvalue weighted by Crippen LogP contribution is 2.28. The van der Waals surface area contributed by atoms with Gasteiger partial charge in [0.15, 0.2) is 11.4 Å². The van der Waals surface area contributed by atoms with Gasteiger partial charge in [0.05, 0.1) is 18.2 Å². The Morgan fingerprint density at radius 3 is 2.79 bits per heavy atom. The van der Waals surface area contributed by atoms with Gasteiger partial charge >= 0.3 is 0 Å². The summed E-state index contributed by atoms with van der Waals surface area (Å²) < 4.78 is 34.1. The third-order valence-electron chi connectivity index (χ3n) is 5.06. The summed E-state index contributed by atoms with van der Waals surface area (Å²) in [6.45, 7) is 2.48. The fourth-order valence-electron chi connectivity index (χ4n) is 3.59. The van der Waals surface area contributed by atoms with Crippen LogP contribution < -0.4 is 10.7 Å². The Morgan fingerprint density at radius 2 is 2.15 bits per heavy atom. The Bertz CT molecular complexity index is 1180. The van der Waals surface area contributed by atoms with Crippen LogP contribution in [0.5, 0.6) is 5.75 Å². The van der Waals surface area contributed by atoms with E-state index in [0.717, 1.165) is 17.8 Å². The fourth-order valence-corrected chi connectivity index (χ4v) is 4.67. The van der Waals surface area contributed by atoms with Crippen LogP contribution in [0.3, 0.4) is 0 Å². The zero-order valence-electron chi connectivity index (χ0n) is 18.5. The molecule has 0 radical (unpaired) electrons. The van der Waals surface area contributed by atoms with Crippen molar-refractivity contribution in [2.45, 2.75) is 32.4 Å². The van der Waals surface area contributed by atoms with E-state index in [2.05, 4.69) is 10.3 Å². The van der Waals surface area contributed by atoms with Crippen molar-refractivity contribution in [3.63, 3.8) is 0 Å². The Hall–Kier alpha value is -2.98. The summed E-state index contributed by atoms with van der Waals surface area (Å²) in [4.78, 5) is 30.3. The van der Waals surface area contributed by atoms with E-state index in [1.165, 1.54) is 37.1 Å². The van der Waals surface area contributed by atoms with Crippen LogP contribution in [0.25, 0.3) is 0 Å². The van der Waals surface area contributed by atoms with Crippen molar-refractivity contribution in [3.8, 4) is 5.75 Å². The van der Waals surface area contributed by atoms with E-state index >= 15 is 0 Å². The lowest BCUT2D eigenvalue weighted by atomic mass is 10.1. The zero-order valence-corrected chi connectivity index (χ0v) is 19.3. The van der Waals surface area contributed by atoms with Gasteiger partial charge in [0, 0.05) is 39.4 Å². The van der Waals surface area contributed by atoms with Gasteiger partial charge in [-0.2, -0.15) is 0 Å². The second-order valence-electron chi connectivity index (χ2n) is 7.47. The standard InChI is InChI=1S/C23H25F2N3O4S/c1-4-5-16(8-13-6-7-14(24)9-18(13)25)33-23(26-2)17-11-28-10-15(12-32-3)27-22(31)19(28)21(30)20(17)29/h5-7,9,11,15,30H,4,8,10,12H2,1-3H3,(H,27,31)/b16-5+,26-23?/t15-/m0/s1. The topological polar surface area (TPSA) is 92.9 Å². The molecule has 0 fully saturated rings. The highest BCUT2D eigenvalue weighted by molar-refractivity contribution is 8.17. The number of amides is 1. The minimum absolute atomic E-state index is 0.116. The summed E-state index contributed by atoms with van der Waals surface area (Å²) in [6.07, 6.45) is 4.20. The predicted octanol–water partition coefficient (Wildman–Crippen LogP) is 3.24. The van der Waals surface area contributed by atoms with E-state index in [0.29, 0.717) is 28.5 Å². The van der Waals surface area contributed by atoms with Gasteiger partial charge in [-0.05, 0) is 23.0 Å². The molecule has 2 heterocycles. The molecular formula is C23H25F2N3O4S. The number of hydrogen-bond acceptors (Lipinski definition) is 6. The van der Waals surface area contributed by atoms with Crippen LogP contribution in [0.15, 0.2) is 45.2 Å². The molecule has 2 aromatic rings. The number of nitrogens with zero attached hydrogens (tertiary/aromatic N) is 2. The SMILES string of the molecule is CC/C=C(\Cc1ccc(F)cc1F)SC(=NC)c1cn2c(c(O)c1=O)C(=O)N[C@H](COC)C2. The number of carbonyl (C=O) groups excluding carboxylic acids is 1. The van der Waals surface area contributed by atoms with Gasteiger partial charge in [0.2, 0.25) is 5.43 Å². The van der Waals surface area contributed by atoms with Gasteiger partial charge in [-0.15, -0.1) is 0 Å². The predicted molar refractivity (Wildman–Crippen MR) is 124 cm³/mol. The lowest BCUT2D eigenvalue weighted by Gasteiger charge is -2.28. The summed E-state index contributed by atoms with van der Waals surface area (Å²) in [5.74, 6) is -2.54. The van der Waals surface area contributed by atoms with Crippen LogP contribution in [0, 0.1) is 11.6 Å². The number of fused-ring (bicyclic) bond motifs is 1. The van der Waals surface area contributed by atoms with Crippen LogP contribution in [0.4, 0.5) is 8.78 Å². The average Bonchev–Trinajstić information content (AvgIpc) is 2.76. The van der Waals surface area contributed by atoms with Crippen LogP contribution >= 0.6 is 11.8 Å². The monoisotopic (exact) mass is 477 g/mol. The molecule has 1 amide bonds. The van der Waals surface area contributed by atoms with Gasteiger partial charge in [-0.3, -0.25) is 14.6 Å². The molecule has 1 aromatic heterocycles. The van der Waals surface area contributed by atoms with Crippen LogP contribution in [-0.4, -0.2) is 47.4 Å². The molecule has 0 aliphatic carbocycles. The van der Waals surface area contributed by atoms with Crippen molar-refractivity contribution in [2.75, 3.05) is 20.8 Å². The number of nitrogens with one attached hydrogen (secondary N) is 1. The normalized spacial score (nSPS) is 16.5. The van der Waals surface area contributed by atoms with E-state index in [9.17, 15) is 23.5 Å². The van der Waals surface area contributed by atoms with Gasteiger partial charge < -0.3 is 19.7 Å². The summed E-state index contributed by atoms with van der Waals surface area (Å²) in [5, 5.41) is 13.5. The van der Waals surface area contributed by atoms with Gasteiger partial charge in [-0.25, -0.2) is 8.78 Å². The molecule has 10 heteroatoms. The molecule has 0 spiro atoms. The van der Waals surface area contributed by atoms with Gasteiger partial charge in [0.25, 0.3) is 5.91 Å². The van der Waals surface area contributed by atoms with Crippen molar-refractivity contribution in [1.29, 1.82) is 0 Å². The maximum absolute atomic E-state index is 14.2.